The molecule has 0 amide bonds. The number of hydrogen-bond donors (Lipinski definition) is 2. The molecule has 2 aliphatic heterocycles. The van der Waals surface area contributed by atoms with Gasteiger partial charge in [0.1, 0.15) is 5.82 Å². The minimum Gasteiger partial charge on any atom is -0.475 e. The average molecular weight is 536 g/mol. The van der Waals surface area contributed by atoms with E-state index in [1.807, 2.05) is 12.1 Å². The smallest absolute Gasteiger partial charge is 0.475 e. The Hall–Kier alpha value is -2.49. The lowest BCUT2D eigenvalue weighted by Crippen LogP contribution is -2.34. The molecule has 0 aliphatic carbocycles. The van der Waals surface area contributed by atoms with Crippen LogP contribution in [0.3, 0.4) is 0 Å². The number of nitrogens with zero attached hydrogens (tertiary/aromatic N) is 2. The van der Waals surface area contributed by atoms with Crippen molar-refractivity contribution in [1.29, 1.82) is 0 Å². The van der Waals surface area contributed by atoms with Gasteiger partial charge in [0.15, 0.2) is 0 Å². The van der Waals surface area contributed by atoms with Crippen LogP contribution in [0.5, 0.6) is 0 Å². The molecule has 2 atom stereocenters. The second-order valence-electron chi connectivity index (χ2n) is 7.85. The molecule has 206 valence electrons. The van der Waals surface area contributed by atoms with Crippen molar-refractivity contribution in [3.05, 3.63) is 35.6 Å². The molecule has 1 aromatic carbocycles. The van der Waals surface area contributed by atoms with Crippen molar-refractivity contribution in [3.63, 3.8) is 0 Å². The van der Waals surface area contributed by atoms with Crippen LogP contribution in [-0.2, 0) is 25.6 Å². The van der Waals surface area contributed by atoms with Gasteiger partial charge in [-0.25, -0.2) is 14.0 Å². The van der Waals surface area contributed by atoms with Gasteiger partial charge < -0.3 is 19.7 Å². The fourth-order valence-electron chi connectivity index (χ4n) is 3.47. The van der Waals surface area contributed by atoms with Crippen molar-refractivity contribution in [2.24, 2.45) is 5.92 Å². The molecule has 2 fully saturated rings. The minimum absolute atomic E-state index is 0.114. The molecular weight excluding hydrogens is 509 g/mol. The number of hydrogen-bond acceptors (Lipinski definition) is 6. The first-order valence-corrected chi connectivity index (χ1v) is 10.5. The van der Waals surface area contributed by atoms with Crippen molar-refractivity contribution in [2.45, 2.75) is 25.0 Å². The lowest BCUT2D eigenvalue weighted by molar-refractivity contribution is -0.193. The van der Waals surface area contributed by atoms with Gasteiger partial charge in [0.2, 0.25) is 0 Å². The number of carbonyl (C=O) groups is 2. The molecule has 2 saturated heterocycles. The SMILES string of the molecule is COCCN1CCO[C@@H]2CN(Cc3ccccc3F)C[C@@H]2C1.O=C(O)C(F)(F)F.O=C(O)C(F)(F)F. The Morgan fingerprint density at radius 3 is 2.03 bits per heavy atom. The lowest BCUT2D eigenvalue weighted by Gasteiger charge is -2.23. The molecule has 2 N–H and O–H groups in total. The average Bonchev–Trinajstić information content (AvgIpc) is 3.03. The maximum absolute atomic E-state index is 13.8. The van der Waals surface area contributed by atoms with E-state index in [2.05, 4.69) is 9.80 Å². The first kappa shape index (κ1) is 31.5. The summed E-state index contributed by atoms with van der Waals surface area (Å²) in [5.74, 6) is -5.12. The van der Waals surface area contributed by atoms with Crippen LogP contribution >= 0.6 is 0 Å². The molecule has 0 spiro atoms. The van der Waals surface area contributed by atoms with Crippen molar-refractivity contribution in [2.75, 3.05) is 53.0 Å². The van der Waals surface area contributed by atoms with Crippen LogP contribution in [-0.4, -0.2) is 103 Å². The van der Waals surface area contributed by atoms with E-state index >= 15 is 0 Å². The maximum Gasteiger partial charge on any atom is 0.490 e. The molecule has 0 saturated carbocycles. The Morgan fingerprint density at radius 2 is 1.53 bits per heavy atom. The summed E-state index contributed by atoms with van der Waals surface area (Å²) in [7, 11) is 1.74. The Bertz CT molecular complexity index is 812. The number of likely N-dealkylation sites (tertiary alicyclic amines) is 1. The van der Waals surface area contributed by atoms with Gasteiger partial charge in [-0.3, -0.25) is 9.80 Å². The zero-order chi connectivity index (χ0) is 27.5. The Labute approximate surface area is 202 Å². The fraction of sp³-hybridized carbons (Fsp3) is 0.619. The number of ether oxygens (including phenoxy) is 2. The summed E-state index contributed by atoms with van der Waals surface area (Å²) >= 11 is 0. The summed E-state index contributed by atoms with van der Waals surface area (Å²) in [5.41, 5.74) is 0.773. The van der Waals surface area contributed by atoms with Crippen LogP contribution in [0.2, 0.25) is 0 Å². The lowest BCUT2D eigenvalue weighted by atomic mass is 10.1. The second-order valence-corrected chi connectivity index (χ2v) is 7.85. The number of aliphatic carboxylic acids is 2. The number of carboxylic acid groups (broad SMARTS) is 2. The number of methoxy groups -OCH3 is 1. The molecule has 36 heavy (non-hydrogen) atoms. The van der Waals surface area contributed by atoms with E-state index in [4.69, 9.17) is 29.3 Å². The third kappa shape index (κ3) is 11.5. The van der Waals surface area contributed by atoms with Gasteiger partial charge in [-0.1, -0.05) is 18.2 Å². The van der Waals surface area contributed by atoms with Gasteiger partial charge in [0, 0.05) is 57.9 Å². The van der Waals surface area contributed by atoms with Crippen LogP contribution in [0, 0.1) is 11.7 Å². The van der Waals surface area contributed by atoms with Crippen molar-refractivity contribution in [1.82, 2.24) is 9.80 Å². The van der Waals surface area contributed by atoms with Crippen molar-refractivity contribution in [3.8, 4) is 0 Å². The van der Waals surface area contributed by atoms with E-state index in [1.165, 1.54) is 6.07 Å². The Balaban J connectivity index is 0.000000383. The third-order valence-corrected chi connectivity index (χ3v) is 5.14. The first-order chi connectivity index (χ1) is 16.6. The monoisotopic (exact) mass is 536 g/mol. The highest BCUT2D eigenvalue weighted by Gasteiger charge is 2.39. The molecule has 0 bridgehead atoms. The Morgan fingerprint density at radius 1 is 1.00 bits per heavy atom. The molecule has 2 heterocycles. The van der Waals surface area contributed by atoms with E-state index in [9.17, 15) is 30.7 Å². The summed E-state index contributed by atoms with van der Waals surface area (Å²) in [5, 5.41) is 14.2. The number of carboxylic acids is 2. The van der Waals surface area contributed by atoms with Crippen LogP contribution in [0.25, 0.3) is 0 Å². The van der Waals surface area contributed by atoms with E-state index in [0.717, 1.165) is 51.5 Å². The highest BCUT2D eigenvalue weighted by molar-refractivity contribution is 5.73. The molecule has 8 nitrogen and oxygen atoms in total. The van der Waals surface area contributed by atoms with Crippen molar-refractivity contribution < 1.29 is 60.0 Å². The molecule has 3 rings (SSSR count). The second kappa shape index (κ2) is 14.3. The molecular formula is C21H27F7N2O6. The fourth-order valence-corrected chi connectivity index (χ4v) is 3.47. The molecule has 1 aromatic rings. The molecule has 2 aliphatic rings. The van der Waals surface area contributed by atoms with Gasteiger partial charge in [0.25, 0.3) is 0 Å². The zero-order valence-electron chi connectivity index (χ0n) is 19.2. The van der Waals surface area contributed by atoms with Crippen LogP contribution in [0.1, 0.15) is 5.56 Å². The minimum atomic E-state index is -5.08. The highest BCUT2D eigenvalue weighted by atomic mass is 19.4. The molecule has 0 unspecified atom stereocenters. The van der Waals surface area contributed by atoms with Crippen LogP contribution in [0.4, 0.5) is 30.7 Å². The van der Waals surface area contributed by atoms with E-state index in [-0.39, 0.29) is 11.9 Å². The predicted octanol–water partition coefficient (Wildman–Crippen LogP) is 2.87. The normalized spacial score (nSPS) is 20.8. The van der Waals surface area contributed by atoms with E-state index in [0.29, 0.717) is 12.5 Å². The van der Waals surface area contributed by atoms with Crippen LogP contribution < -0.4 is 0 Å². The number of halogens is 7. The summed E-state index contributed by atoms with van der Waals surface area (Å²) in [6, 6.07) is 7.04. The molecule has 15 heteroatoms. The van der Waals surface area contributed by atoms with E-state index < -0.39 is 24.3 Å². The molecule has 0 aromatic heterocycles. The Kier molecular flexibility index (Phi) is 12.5. The topological polar surface area (TPSA) is 99.5 Å². The zero-order valence-corrected chi connectivity index (χ0v) is 19.2. The van der Waals surface area contributed by atoms with Gasteiger partial charge in [-0.15, -0.1) is 0 Å². The predicted molar refractivity (Wildman–Crippen MR) is 111 cm³/mol. The maximum atomic E-state index is 13.8. The number of fused-ring (bicyclic) bond motifs is 1. The van der Waals surface area contributed by atoms with Crippen LogP contribution in [0.15, 0.2) is 24.3 Å². The molecule has 0 radical (unpaired) electrons. The van der Waals surface area contributed by atoms with Crippen molar-refractivity contribution >= 4 is 11.9 Å². The summed E-state index contributed by atoms with van der Waals surface area (Å²) < 4.78 is 88.5. The quantitative estimate of drug-likeness (QED) is 0.555. The van der Waals surface area contributed by atoms with Gasteiger partial charge >= 0.3 is 24.3 Å². The number of alkyl halides is 6. The van der Waals surface area contributed by atoms with Gasteiger partial charge in [-0.05, 0) is 6.07 Å². The number of benzene rings is 1. The summed E-state index contributed by atoms with van der Waals surface area (Å²) in [4.78, 5) is 22.5. The van der Waals surface area contributed by atoms with Gasteiger partial charge in [-0.2, -0.15) is 26.3 Å². The highest BCUT2D eigenvalue weighted by Crippen LogP contribution is 2.25. The van der Waals surface area contributed by atoms with E-state index in [1.54, 1.807) is 13.2 Å². The summed E-state index contributed by atoms with van der Waals surface area (Å²) in [6.45, 7) is 7.05. The van der Waals surface area contributed by atoms with Gasteiger partial charge in [0.05, 0.1) is 19.3 Å². The number of rotatable bonds is 5. The first-order valence-electron chi connectivity index (χ1n) is 10.5. The summed E-state index contributed by atoms with van der Waals surface area (Å²) in [6.07, 6.45) is -9.89. The third-order valence-electron chi connectivity index (χ3n) is 5.14. The largest absolute Gasteiger partial charge is 0.490 e. The standard InChI is InChI=1S/C17H25FN2O2.2C2HF3O2/c1-21-8-6-19-7-9-22-17-13-20(12-15(17)11-19)10-14-4-2-3-5-16(14)18;2*3-2(4,5)1(6)7/h2-5,15,17H,6-13H2,1H3;2*(H,6,7)/t15-,17+;;/m0../s1.